The molecule has 7 nitrogen and oxygen atoms in total. The number of hydrogen-bond acceptors (Lipinski definition) is 4. The monoisotopic (exact) mass is 280 g/mol. The van der Waals surface area contributed by atoms with E-state index < -0.39 is 30.6 Å². The third-order valence-electron chi connectivity index (χ3n) is 2.35. The highest BCUT2D eigenvalue weighted by molar-refractivity contribution is 5.87. The molecule has 0 heterocycles. The number of amides is 2. The lowest BCUT2D eigenvalue weighted by Gasteiger charge is -2.13. The lowest BCUT2D eigenvalue weighted by molar-refractivity contribution is -0.138. The van der Waals surface area contributed by atoms with E-state index in [0.29, 0.717) is 0 Å². The summed E-state index contributed by atoms with van der Waals surface area (Å²) in [5.41, 5.74) is 0.825. The van der Waals surface area contributed by atoms with Crippen LogP contribution in [0.2, 0.25) is 0 Å². The first kappa shape index (κ1) is 15.5. The van der Waals surface area contributed by atoms with E-state index in [1.165, 1.54) is 6.92 Å². The number of nitrogens with one attached hydrogen (secondary N) is 2. The van der Waals surface area contributed by atoms with E-state index in [-0.39, 0.29) is 6.61 Å². The highest BCUT2D eigenvalue weighted by Gasteiger charge is 2.16. The molecule has 0 bridgehead atoms. The Balaban J connectivity index is 2.30. The highest BCUT2D eigenvalue weighted by Crippen LogP contribution is 2.00. The van der Waals surface area contributed by atoms with Crippen molar-refractivity contribution in [3.8, 4) is 0 Å². The Hall–Kier alpha value is -2.57. The van der Waals surface area contributed by atoms with Gasteiger partial charge in [0.15, 0.2) is 0 Å². The maximum atomic E-state index is 11.4. The Labute approximate surface area is 115 Å². The van der Waals surface area contributed by atoms with Crippen molar-refractivity contribution >= 4 is 18.0 Å². The number of carbonyl (C=O) groups excluding carboxylic acids is 2. The van der Waals surface area contributed by atoms with Gasteiger partial charge in [-0.1, -0.05) is 30.3 Å². The zero-order chi connectivity index (χ0) is 15.0. The first-order valence-corrected chi connectivity index (χ1v) is 5.95. The zero-order valence-corrected chi connectivity index (χ0v) is 11.0. The minimum atomic E-state index is -1.16. The normalized spacial score (nSPS) is 11.2. The molecular formula is C13H16N2O5. The summed E-state index contributed by atoms with van der Waals surface area (Å²) in [4.78, 5) is 33.1. The van der Waals surface area contributed by atoms with Crippen molar-refractivity contribution in [1.29, 1.82) is 0 Å². The summed E-state index contributed by atoms with van der Waals surface area (Å²) in [6.45, 7) is 1.03. The summed E-state index contributed by atoms with van der Waals surface area (Å²) in [5, 5.41) is 12.9. The van der Waals surface area contributed by atoms with Gasteiger partial charge in [0, 0.05) is 0 Å². The summed E-state index contributed by atoms with van der Waals surface area (Å²) < 4.78 is 4.93. The van der Waals surface area contributed by atoms with E-state index in [4.69, 9.17) is 9.84 Å². The van der Waals surface area contributed by atoms with Crippen LogP contribution in [-0.4, -0.2) is 35.7 Å². The van der Waals surface area contributed by atoms with Crippen molar-refractivity contribution in [2.75, 3.05) is 6.54 Å². The molecule has 0 aliphatic rings. The third-order valence-corrected chi connectivity index (χ3v) is 2.35. The van der Waals surface area contributed by atoms with Crippen LogP contribution in [0.15, 0.2) is 30.3 Å². The standard InChI is InChI=1S/C13H16N2O5/c1-9(12(18)14-7-11(16)17)15-13(19)20-8-10-5-3-2-4-6-10/h2-6,9H,7-8H2,1H3,(H,14,18)(H,15,19)(H,16,17)/t9-/m0/s1. The summed E-state index contributed by atoms with van der Waals surface area (Å²) in [6, 6.07) is 8.21. The number of carboxylic acids is 1. The second kappa shape index (κ2) is 7.78. The van der Waals surface area contributed by atoms with Gasteiger partial charge in [0.2, 0.25) is 5.91 Å². The number of benzene rings is 1. The molecule has 2 amide bonds. The Morgan fingerprint density at radius 3 is 2.50 bits per heavy atom. The minimum Gasteiger partial charge on any atom is -0.480 e. The molecule has 20 heavy (non-hydrogen) atoms. The van der Waals surface area contributed by atoms with Crippen molar-refractivity contribution in [2.45, 2.75) is 19.6 Å². The van der Waals surface area contributed by atoms with Crippen LogP contribution < -0.4 is 10.6 Å². The summed E-state index contributed by atoms with van der Waals surface area (Å²) in [5.74, 6) is -1.75. The van der Waals surface area contributed by atoms with Crippen LogP contribution in [0.25, 0.3) is 0 Å². The second-order valence-corrected chi connectivity index (χ2v) is 4.04. The quantitative estimate of drug-likeness (QED) is 0.704. The van der Waals surface area contributed by atoms with Crippen LogP contribution in [0, 0.1) is 0 Å². The predicted octanol–water partition coefficient (Wildman–Crippen LogP) is 0.502. The smallest absolute Gasteiger partial charge is 0.408 e. The maximum Gasteiger partial charge on any atom is 0.408 e. The molecule has 0 spiro atoms. The number of hydrogen-bond donors (Lipinski definition) is 3. The van der Waals surface area contributed by atoms with Crippen LogP contribution in [0.1, 0.15) is 12.5 Å². The molecule has 3 N–H and O–H groups in total. The average molecular weight is 280 g/mol. The van der Waals surface area contributed by atoms with Gasteiger partial charge < -0.3 is 20.5 Å². The largest absolute Gasteiger partial charge is 0.480 e. The van der Waals surface area contributed by atoms with Gasteiger partial charge in [-0.2, -0.15) is 0 Å². The van der Waals surface area contributed by atoms with Crippen LogP contribution in [-0.2, 0) is 20.9 Å². The SMILES string of the molecule is C[C@H](NC(=O)OCc1ccccc1)C(=O)NCC(=O)O. The van der Waals surface area contributed by atoms with Gasteiger partial charge in [-0.15, -0.1) is 0 Å². The number of alkyl carbamates (subject to hydrolysis) is 1. The first-order valence-electron chi connectivity index (χ1n) is 5.95. The van der Waals surface area contributed by atoms with Crippen molar-refractivity contribution in [2.24, 2.45) is 0 Å². The van der Waals surface area contributed by atoms with Gasteiger partial charge >= 0.3 is 12.1 Å². The number of ether oxygens (including phenoxy) is 1. The van der Waals surface area contributed by atoms with Crippen LogP contribution >= 0.6 is 0 Å². The molecular weight excluding hydrogens is 264 g/mol. The Kier molecular flexibility index (Phi) is 6.02. The van der Waals surface area contributed by atoms with Crippen LogP contribution in [0.4, 0.5) is 4.79 Å². The molecule has 1 rings (SSSR count). The summed E-state index contributed by atoms with van der Waals surface area (Å²) in [6.07, 6.45) is -0.744. The molecule has 0 radical (unpaired) electrons. The summed E-state index contributed by atoms with van der Waals surface area (Å²) in [7, 11) is 0. The summed E-state index contributed by atoms with van der Waals surface area (Å²) >= 11 is 0. The van der Waals surface area contributed by atoms with Gasteiger partial charge in [-0.25, -0.2) is 4.79 Å². The molecule has 0 aliphatic heterocycles. The van der Waals surface area contributed by atoms with E-state index >= 15 is 0 Å². The third kappa shape index (κ3) is 5.85. The van der Waals surface area contributed by atoms with Crippen molar-refractivity contribution in [3.63, 3.8) is 0 Å². The molecule has 1 aromatic carbocycles. The Morgan fingerprint density at radius 1 is 1.25 bits per heavy atom. The Morgan fingerprint density at radius 2 is 1.90 bits per heavy atom. The van der Waals surface area contributed by atoms with Crippen molar-refractivity contribution < 1.29 is 24.2 Å². The highest BCUT2D eigenvalue weighted by atomic mass is 16.5. The van der Waals surface area contributed by atoms with E-state index in [1.807, 2.05) is 18.2 Å². The van der Waals surface area contributed by atoms with Crippen LogP contribution in [0.3, 0.4) is 0 Å². The zero-order valence-electron chi connectivity index (χ0n) is 11.0. The molecule has 0 fully saturated rings. The number of aliphatic carboxylic acids is 1. The van der Waals surface area contributed by atoms with Gasteiger partial charge in [0.1, 0.15) is 19.2 Å². The molecule has 0 saturated heterocycles. The van der Waals surface area contributed by atoms with Gasteiger partial charge in [0.05, 0.1) is 0 Å². The first-order chi connectivity index (χ1) is 9.49. The minimum absolute atomic E-state index is 0.0934. The molecule has 1 atom stereocenters. The molecule has 1 aromatic rings. The fraction of sp³-hybridized carbons (Fsp3) is 0.308. The van der Waals surface area contributed by atoms with E-state index in [0.717, 1.165) is 5.56 Å². The second-order valence-electron chi connectivity index (χ2n) is 4.04. The van der Waals surface area contributed by atoms with Gasteiger partial charge in [-0.05, 0) is 12.5 Å². The lowest BCUT2D eigenvalue weighted by Crippen LogP contribution is -2.46. The topological polar surface area (TPSA) is 105 Å². The van der Waals surface area contributed by atoms with E-state index in [2.05, 4.69) is 10.6 Å². The fourth-order valence-corrected chi connectivity index (χ4v) is 1.32. The lowest BCUT2D eigenvalue weighted by atomic mass is 10.2. The van der Waals surface area contributed by atoms with Crippen LogP contribution in [0.5, 0.6) is 0 Å². The maximum absolute atomic E-state index is 11.4. The number of carboxylic acid groups (broad SMARTS) is 1. The van der Waals surface area contributed by atoms with E-state index in [1.54, 1.807) is 12.1 Å². The van der Waals surface area contributed by atoms with E-state index in [9.17, 15) is 14.4 Å². The van der Waals surface area contributed by atoms with Crippen molar-refractivity contribution in [3.05, 3.63) is 35.9 Å². The average Bonchev–Trinajstić information content (AvgIpc) is 2.43. The molecule has 0 saturated carbocycles. The Bertz CT molecular complexity index is 475. The molecule has 0 aromatic heterocycles. The molecule has 0 aliphatic carbocycles. The molecule has 0 unspecified atom stereocenters. The molecule has 108 valence electrons. The van der Waals surface area contributed by atoms with Gasteiger partial charge in [0.25, 0.3) is 0 Å². The van der Waals surface area contributed by atoms with Crippen molar-refractivity contribution in [1.82, 2.24) is 10.6 Å². The van der Waals surface area contributed by atoms with Gasteiger partial charge in [-0.3, -0.25) is 9.59 Å². The number of rotatable bonds is 6. The predicted molar refractivity (Wildman–Crippen MR) is 69.9 cm³/mol. The number of carbonyl (C=O) groups is 3. The molecule has 7 heteroatoms. The fourth-order valence-electron chi connectivity index (χ4n) is 1.32.